The maximum absolute atomic E-state index is 12.2. The average molecular weight is 340 g/mol. The summed E-state index contributed by atoms with van der Waals surface area (Å²) in [5.41, 5.74) is 2.70. The zero-order chi connectivity index (χ0) is 16.7. The molecule has 1 amide bonds. The van der Waals surface area contributed by atoms with Crippen LogP contribution in [0.1, 0.15) is 23.5 Å². The lowest BCUT2D eigenvalue weighted by Gasteiger charge is -2.23. The number of aromatic nitrogens is 2. The van der Waals surface area contributed by atoms with Gasteiger partial charge in [0.1, 0.15) is 11.6 Å². The molecule has 0 saturated heterocycles. The van der Waals surface area contributed by atoms with Gasteiger partial charge in [-0.2, -0.15) is 5.10 Å². The molecule has 0 fully saturated rings. The van der Waals surface area contributed by atoms with Gasteiger partial charge in [-0.15, -0.1) is 0 Å². The van der Waals surface area contributed by atoms with Crippen LogP contribution in [-0.2, 0) is 4.79 Å². The predicted molar refractivity (Wildman–Crippen MR) is 91.8 cm³/mol. The van der Waals surface area contributed by atoms with Crippen molar-refractivity contribution in [1.29, 1.82) is 0 Å². The first kappa shape index (κ1) is 14.8. The minimum absolute atomic E-state index is 0.0654. The number of amides is 1. The second-order valence-electron chi connectivity index (χ2n) is 5.74. The molecule has 4 rings (SSSR count). The van der Waals surface area contributed by atoms with Gasteiger partial charge in [0.05, 0.1) is 11.9 Å². The minimum Gasteiger partial charge on any atom is -0.508 e. The van der Waals surface area contributed by atoms with Crippen molar-refractivity contribution in [3.8, 4) is 11.4 Å². The number of fused-ring (bicyclic) bond motifs is 1. The first-order valence-electron chi connectivity index (χ1n) is 7.54. The molecule has 1 aromatic heterocycles. The van der Waals surface area contributed by atoms with Crippen LogP contribution in [0.3, 0.4) is 0 Å². The summed E-state index contributed by atoms with van der Waals surface area (Å²) in [5, 5.41) is 17.4. The molecule has 0 bridgehead atoms. The molecule has 5 nitrogen and oxygen atoms in total. The van der Waals surface area contributed by atoms with Gasteiger partial charge in [0, 0.05) is 22.9 Å². The standard InChI is InChI=1S/C18H14ClN3O2/c19-12-2-1-3-13(8-12)22-18-16(10-20-22)15(9-17(24)21-18)11-4-6-14(23)7-5-11/h1-8,10,15,23H,9H2,(H,21,24)/t15-/m0/s1. The average Bonchev–Trinajstić information content (AvgIpc) is 2.98. The van der Waals surface area contributed by atoms with Crippen LogP contribution in [-0.4, -0.2) is 20.8 Å². The van der Waals surface area contributed by atoms with Crippen molar-refractivity contribution in [3.63, 3.8) is 0 Å². The van der Waals surface area contributed by atoms with Gasteiger partial charge in [0.25, 0.3) is 0 Å². The lowest BCUT2D eigenvalue weighted by Crippen LogP contribution is -2.24. The van der Waals surface area contributed by atoms with E-state index in [1.54, 1.807) is 35.1 Å². The third kappa shape index (κ3) is 2.53. The Hall–Kier alpha value is -2.79. The van der Waals surface area contributed by atoms with Crippen LogP contribution in [0.15, 0.2) is 54.7 Å². The van der Waals surface area contributed by atoms with Crippen molar-refractivity contribution in [3.05, 3.63) is 70.9 Å². The summed E-state index contributed by atoms with van der Waals surface area (Å²) in [6, 6.07) is 14.2. The molecule has 0 spiro atoms. The van der Waals surface area contributed by atoms with Gasteiger partial charge in [0.2, 0.25) is 5.91 Å². The summed E-state index contributed by atoms with van der Waals surface area (Å²) < 4.78 is 1.69. The number of anilines is 1. The third-order valence-electron chi connectivity index (χ3n) is 4.17. The number of aromatic hydroxyl groups is 1. The molecular formula is C18H14ClN3O2. The highest BCUT2D eigenvalue weighted by molar-refractivity contribution is 6.30. The molecule has 6 heteroatoms. The number of phenols is 1. The fraction of sp³-hybridized carbons (Fsp3) is 0.111. The van der Waals surface area contributed by atoms with E-state index in [2.05, 4.69) is 10.4 Å². The highest BCUT2D eigenvalue weighted by atomic mass is 35.5. The van der Waals surface area contributed by atoms with Gasteiger partial charge < -0.3 is 10.4 Å². The number of hydrogen-bond acceptors (Lipinski definition) is 3. The molecule has 0 aliphatic carbocycles. The van der Waals surface area contributed by atoms with E-state index >= 15 is 0 Å². The second-order valence-corrected chi connectivity index (χ2v) is 6.17. The number of carbonyl (C=O) groups is 1. The Balaban J connectivity index is 1.81. The number of nitrogens with one attached hydrogen (secondary N) is 1. The van der Waals surface area contributed by atoms with Crippen LogP contribution in [0.4, 0.5) is 5.82 Å². The summed E-state index contributed by atoms with van der Waals surface area (Å²) in [6.45, 7) is 0. The quantitative estimate of drug-likeness (QED) is 0.748. The summed E-state index contributed by atoms with van der Waals surface area (Å²) >= 11 is 6.06. The summed E-state index contributed by atoms with van der Waals surface area (Å²) in [6.07, 6.45) is 2.12. The Morgan fingerprint density at radius 2 is 2.00 bits per heavy atom. The van der Waals surface area contributed by atoms with Gasteiger partial charge >= 0.3 is 0 Å². The van der Waals surface area contributed by atoms with Crippen molar-refractivity contribution in [2.24, 2.45) is 0 Å². The van der Waals surface area contributed by atoms with Crippen molar-refractivity contribution >= 4 is 23.3 Å². The van der Waals surface area contributed by atoms with Crippen molar-refractivity contribution in [1.82, 2.24) is 9.78 Å². The number of hydrogen-bond donors (Lipinski definition) is 2. The summed E-state index contributed by atoms with van der Waals surface area (Å²) in [7, 11) is 0. The Morgan fingerprint density at radius 1 is 1.21 bits per heavy atom. The third-order valence-corrected chi connectivity index (χ3v) is 4.40. The molecular weight excluding hydrogens is 326 g/mol. The highest BCUT2D eigenvalue weighted by Crippen LogP contribution is 2.38. The summed E-state index contributed by atoms with van der Waals surface area (Å²) in [4.78, 5) is 12.2. The minimum atomic E-state index is -0.0951. The number of phenolic OH excluding ortho intramolecular Hbond substituents is 1. The van der Waals surface area contributed by atoms with E-state index in [4.69, 9.17) is 11.6 Å². The molecule has 3 aromatic rings. The number of benzene rings is 2. The molecule has 24 heavy (non-hydrogen) atoms. The molecule has 120 valence electrons. The van der Waals surface area contributed by atoms with E-state index in [0.29, 0.717) is 17.3 Å². The molecule has 0 saturated carbocycles. The van der Waals surface area contributed by atoms with Gasteiger partial charge in [-0.05, 0) is 35.9 Å². The lowest BCUT2D eigenvalue weighted by atomic mass is 9.87. The van der Waals surface area contributed by atoms with Crippen molar-refractivity contribution < 1.29 is 9.90 Å². The van der Waals surface area contributed by atoms with Crippen LogP contribution in [0.5, 0.6) is 5.75 Å². The first-order valence-corrected chi connectivity index (χ1v) is 7.92. The Bertz CT molecular complexity index is 918. The van der Waals surface area contributed by atoms with Gasteiger partial charge in [-0.3, -0.25) is 4.79 Å². The molecule has 0 unspecified atom stereocenters. The Kier molecular flexibility index (Phi) is 3.50. The SMILES string of the molecule is O=C1C[C@@H](c2ccc(O)cc2)c2cnn(-c3cccc(Cl)c3)c2N1. The Morgan fingerprint density at radius 3 is 2.75 bits per heavy atom. The molecule has 2 heterocycles. The maximum atomic E-state index is 12.2. The van der Waals surface area contributed by atoms with Crippen LogP contribution >= 0.6 is 11.6 Å². The van der Waals surface area contributed by atoms with E-state index < -0.39 is 0 Å². The van der Waals surface area contributed by atoms with Crippen LogP contribution in [0.2, 0.25) is 5.02 Å². The zero-order valence-electron chi connectivity index (χ0n) is 12.6. The predicted octanol–water partition coefficient (Wildman–Crippen LogP) is 3.71. The monoisotopic (exact) mass is 339 g/mol. The van der Waals surface area contributed by atoms with E-state index in [1.165, 1.54) is 0 Å². The number of halogens is 1. The molecule has 1 atom stereocenters. The number of nitrogens with zero attached hydrogens (tertiary/aromatic N) is 2. The number of rotatable bonds is 2. The van der Waals surface area contributed by atoms with Crippen LogP contribution in [0.25, 0.3) is 5.69 Å². The number of carbonyl (C=O) groups excluding carboxylic acids is 1. The van der Waals surface area contributed by atoms with Gasteiger partial charge in [-0.25, -0.2) is 4.68 Å². The molecule has 1 aliphatic rings. The molecule has 1 aliphatic heterocycles. The second kappa shape index (κ2) is 5.69. The first-order chi connectivity index (χ1) is 11.6. The fourth-order valence-electron chi connectivity index (χ4n) is 3.03. The summed E-state index contributed by atoms with van der Waals surface area (Å²) in [5.74, 6) is 0.701. The van der Waals surface area contributed by atoms with Gasteiger partial charge in [0.15, 0.2) is 0 Å². The van der Waals surface area contributed by atoms with Gasteiger partial charge in [-0.1, -0.05) is 29.8 Å². The molecule has 2 N–H and O–H groups in total. The zero-order valence-corrected chi connectivity index (χ0v) is 13.4. The van der Waals surface area contributed by atoms with E-state index in [0.717, 1.165) is 16.8 Å². The maximum Gasteiger partial charge on any atom is 0.226 e. The largest absolute Gasteiger partial charge is 0.508 e. The molecule has 2 aromatic carbocycles. The van der Waals surface area contributed by atoms with E-state index in [9.17, 15) is 9.90 Å². The van der Waals surface area contributed by atoms with Crippen LogP contribution in [0, 0.1) is 0 Å². The molecule has 0 radical (unpaired) electrons. The van der Waals surface area contributed by atoms with Crippen molar-refractivity contribution in [2.45, 2.75) is 12.3 Å². The van der Waals surface area contributed by atoms with E-state index in [-0.39, 0.29) is 17.6 Å². The fourth-order valence-corrected chi connectivity index (χ4v) is 3.21. The highest BCUT2D eigenvalue weighted by Gasteiger charge is 2.30. The van der Waals surface area contributed by atoms with Crippen molar-refractivity contribution in [2.75, 3.05) is 5.32 Å². The normalized spacial score (nSPS) is 16.5. The smallest absolute Gasteiger partial charge is 0.226 e. The van der Waals surface area contributed by atoms with Crippen LogP contribution < -0.4 is 5.32 Å². The topological polar surface area (TPSA) is 67.1 Å². The van der Waals surface area contributed by atoms with E-state index in [1.807, 2.05) is 24.3 Å². The lowest BCUT2D eigenvalue weighted by molar-refractivity contribution is -0.116. The Labute approximate surface area is 143 Å².